The lowest BCUT2D eigenvalue weighted by Gasteiger charge is -2.04. The zero-order valence-electron chi connectivity index (χ0n) is 10.3. The first-order valence-electron chi connectivity index (χ1n) is 5.58. The van der Waals surface area contributed by atoms with Gasteiger partial charge in [-0.1, -0.05) is 13.8 Å². The number of hydrogen-bond donors (Lipinski definition) is 1. The molecule has 4 heteroatoms. The maximum absolute atomic E-state index is 5.37. The maximum Gasteiger partial charge on any atom is 0.129 e. The van der Waals surface area contributed by atoms with Crippen molar-refractivity contribution >= 4 is 0 Å². The van der Waals surface area contributed by atoms with E-state index in [1.165, 1.54) is 0 Å². The Bertz CT molecular complexity index is 284. The molecule has 1 aromatic heterocycles. The number of nitrogens with one attached hydrogen (secondary N) is 1. The minimum absolute atomic E-state index is 0.483. The molecule has 0 aromatic carbocycles. The summed E-state index contributed by atoms with van der Waals surface area (Å²) in [5.41, 5.74) is 1.15. The van der Waals surface area contributed by atoms with Gasteiger partial charge in [-0.3, -0.25) is 0 Å². The van der Waals surface area contributed by atoms with Gasteiger partial charge in [-0.2, -0.15) is 0 Å². The first-order chi connectivity index (χ1) is 7.72. The Morgan fingerprint density at radius 1 is 1.38 bits per heavy atom. The van der Waals surface area contributed by atoms with Gasteiger partial charge < -0.3 is 19.2 Å². The number of methoxy groups -OCH3 is 1. The molecule has 0 spiro atoms. The summed E-state index contributed by atoms with van der Waals surface area (Å²) < 4.78 is 15.6. The second kappa shape index (κ2) is 7.44. The van der Waals surface area contributed by atoms with Crippen molar-refractivity contribution in [3.63, 3.8) is 0 Å². The van der Waals surface area contributed by atoms with Crippen LogP contribution in [0.15, 0.2) is 16.7 Å². The van der Waals surface area contributed by atoms with Gasteiger partial charge in [0, 0.05) is 25.3 Å². The van der Waals surface area contributed by atoms with E-state index in [1.807, 2.05) is 6.07 Å². The molecule has 0 saturated heterocycles. The van der Waals surface area contributed by atoms with Gasteiger partial charge >= 0.3 is 0 Å². The highest BCUT2D eigenvalue weighted by Gasteiger charge is 2.02. The topological polar surface area (TPSA) is 43.6 Å². The summed E-state index contributed by atoms with van der Waals surface area (Å²) in [7, 11) is 1.66. The molecule has 0 aliphatic rings. The molecule has 0 radical (unpaired) electrons. The minimum atomic E-state index is 0.483. The van der Waals surface area contributed by atoms with Crippen molar-refractivity contribution in [1.29, 1.82) is 0 Å². The highest BCUT2D eigenvalue weighted by Crippen LogP contribution is 2.09. The summed E-state index contributed by atoms with van der Waals surface area (Å²) in [6, 6.07) is 2.50. The summed E-state index contributed by atoms with van der Waals surface area (Å²) >= 11 is 0. The zero-order valence-corrected chi connectivity index (χ0v) is 10.3. The predicted molar refractivity (Wildman–Crippen MR) is 62.2 cm³/mol. The fourth-order valence-electron chi connectivity index (χ4n) is 1.23. The molecule has 4 nitrogen and oxygen atoms in total. The average Bonchev–Trinajstić information content (AvgIpc) is 2.70. The van der Waals surface area contributed by atoms with E-state index in [2.05, 4.69) is 19.2 Å². The fourth-order valence-corrected chi connectivity index (χ4v) is 1.23. The van der Waals surface area contributed by atoms with Gasteiger partial charge in [0.25, 0.3) is 0 Å². The first kappa shape index (κ1) is 13.2. The molecule has 0 atom stereocenters. The summed E-state index contributed by atoms with van der Waals surface area (Å²) in [5.74, 6) is 0.858. The smallest absolute Gasteiger partial charge is 0.129 e. The van der Waals surface area contributed by atoms with Gasteiger partial charge in [0.1, 0.15) is 12.4 Å². The summed E-state index contributed by atoms with van der Waals surface area (Å²) in [5, 5.41) is 3.33. The Morgan fingerprint density at radius 3 is 2.88 bits per heavy atom. The largest absolute Gasteiger partial charge is 0.467 e. The highest BCUT2D eigenvalue weighted by molar-refractivity contribution is 5.12. The molecule has 92 valence electrons. The molecule has 1 aromatic rings. The molecule has 1 heterocycles. The number of hydrogen-bond acceptors (Lipinski definition) is 4. The van der Waals surface area contributed by atoms with Crippen molar-refractivity contribution in [2.24, 2.45) is 0 Å². The van der Waals surface area contributed by atoms with Crippen LogP contribution in [0.1, 0.15) is 25.2 Å². The maximum atomic E-state index is 5.37. The second-order valence-electron chi connectivity index (χ2n) is 4.00. The van der Waals surface area contributed by atoms with E-state index in [9.17, 15) is 0 Å². The molecule has 16 heavy (non-hydrogen) atoms. The van der Waals surface area contributed by atoms with Crippen molar-refractivity contribution in [2.45, 2.75) is 33.0 Å². The van der Waals surface area contributed by atoms with Gasteiger partial charge in [-0.25, -0.2) is 0 Å². The summed E-state index contributed by atoms with van der Waals surface area (Å²) in [4.78, 5) is 0. The van der Waals surface area contributed by atoms with Crippen molar-refractivity contribution in [3.05, 3.63) is 23.7 Å². The molecule has 0 aliphatic heterocycles. The van der Waals surface area contributed by atoms with Crippen molar-refractivity contribution < 1.29 is 13.9 Å². The van der Waals surface area contributed by atoms with Crippen LogP contribution in [-0.4, -0.2) is 26.4 Å². The predicted octanol–water partition coefficient (Wildman–Crippen LogP) is 1.94. The molecule has 0 saturated carbocycles. The third kappa shape index (κ3) is 5.30. The van der Waals surface area contributed by atoms with Crippen LogP contribution < -0.4 is 5.32 Å². The summed E-state index contributed by atoms with van der Waals surface area (Å²) in [6.45, 7) is 6.78. The monoisotopic (exact) mass is 227 g/mol. The molecule has 1 rings (SSSR count). The lowest BCUT2D eigenvalue weighted by atomic mass is 10.3. The van der Waals surface area contributed by atoms with Gasteiger partial charge in [-0.15, -0.1) is 0 Å². The van der Waals surface area contributed by atoms with Crippen LogP contribution in [0.5, 0.6) is 0 Å². The van der Waals surface area contributed by atoms with Crippen LogP contribution in [-0.2, 0) is 22.6 Å². The van der Waals surface area contributed by atoms with Gasteiger partial charge in [-0.05, 0) is 6.07 Å². The fraction of sp³-hybridized carbons (Fsp3) is 0.667. The molecule has 0 unspecified atom stereocenters. The Balaban J connectivity index is 2.22. The molecule has 0 aliphatic carbocycles. The highest BCUT2D eigenvalue weighted by atomic mass is 16.5. The van der Waals surface area contributed by atoms with E-state index in [0.29, 0.717) is 25.9 Å². The number of furan rings is 1. The van der Waals surface area contributed by atoms with E-state index in [4.69, 9.17) is 13.9 Å². The van der Waals surface area contributed by atoms with Gasteiger partial charge in [0.15, 0.2) is 0 Å². The van der Waals surface area contributed by atoms with Crippen molar-refractivity contribution in [2.75, 3.05) is 20.3 Å². The van der Waals surface area contributed by atoms with Crippen LogP contribution >= 0.6 is 0 Å². The SMILES string of the molecule is COCCOCc1cc(CNC(C)C)co1. The molecular formula is C12H21NO3. The van der Waals surface area contributed by atoms with E-state index in [1.54, 1.807) is 13.4 Å². The average molecular weight is 227 g/mol. The first-order valence-corrected chi connectivity index (χ1v) is 5.58. The number of rotatable bonds is 8. The van der Waals surface area contributed by atoms with E-state index < -0.39 is 0 Å². The van der Waals surface area contributed by atoms with Crippen LogP contribution in [0.25, 0.3) is 0 Å². The van der Waals surface area contributed by atoms with Crippen LogP contribution in [0.4, 0.5) is 0 Å². The minimum Gasteiger partial charge on any atom is -0.467 e. The Labute approximate surface area is 96.9 Å². The van der Waals surface area contributed by atoms with Crippen LogP contribution in [0.3, 0.4) is 0 Å². The lowest BCUT2D eigenvalue weighted by Crippen LogP contribution is -2.21. The summed E-state index contributed by atoms with van der Waals surface area (Å²) in [6.07, 6.45) is 1.77. The normalized spacial score (nSPS) is 11.2. The van der Waals surface area contributed by atoms with E-state index in [-0.39, 0.29) is 0 Å². The molecular weight excluding hydrogens is 206 g/mol. The standard InChI is InChI=1S/C12H21NO3/c1-10(2)13-7-11-6-12(16-8-11)9-15-5-4-14-3/h6,8,10,13H,4-5,7,9H2,1-3H3. The Morgan fingerprint density at radius 2 is 2.19 bits per heavy atom. The quantitative estimate of drug-likeness (QED) is 0.689. The molecule has 0 bridgehead atoms. The Kier molecular flexibility index (Phi) is 6.15. The molecule has 0 amide bonds. The zero-order chi connectivity index (χ0) is 11.8. The van der Waals surface area contributed by atoms with E-state index in [0.717, 1.165) is 17.9 Å². The van der Waals surface area contributed by atoms with Gasteiger partial charge in [0.05, 0.1) is 19.5 Å². The Hall–Kier alpha value is -0.840. The molecule has 1 N–H and O–H groups in total. The van der Waals surface area contributed by atoms with Crippen molar-refractivity contribution in [3.8, 4) is 0 Å². The molecule has 0 fully saturated rings. The van der Waals surface area contributed by atoms with Crippen molar-refractivity contribution in [1.82, 2.24) is 5.32 Å². The third-order valence-electron chi connectivity index (χ3n) is 2.10. The third-order valence-corrected chi connectivity index (χ3v) is 2.10. The number of ether oxygens (including phenoxy) is 2. The van der Waals surface area contributed by atoms with Crippen LogP contribution in [0, 0.1) is 0 Å². The van der Waals surface area contributed by atoms with E-state index >= 15 is 0 Å². The van der Waals surface area contributed by atoms with Gasteiger partial charge in [0.2, 0.25) is 0 Å². The van der Waals surface area contributed by atoms with Crippen LogP contribution in [0.2, 0.25) is 0 Å². The lowest BCUT2D eigenvalue weighted by molar-refractivity contribution is 0.0538. The second-order valence-corrected chi connectivity index (χ2v) is 4.00.